The standard InChI is InChI=1S/C9H18N2O4S/c10-5-4-8-3-1-2-6-11(8)16(14,15)7-9(12)13/h8H,1-7,10H2,(H,12,13). The molecule has 1 saturated heterocycles. The number of carboxylic acid groups (broad SMARTS) is 1. The molecule has 0 bridgehead atoms. The lowest BCUT2D eigenvalue weighted by Gasteiger charge is -2.34. The van der Waals surface area contributed by atoms with Crippen LogP contribution in [-0.2, 0) is 14.8 Å². The van der Waals surface area contributed by atoms with Gasteiger partial charge in [-0.2, -0.15) is 4.31 Å². The maximum Gasteiger partial charge on any atom is 0.320 e. The van der Waals surface area contributed by atoms with Gasteiger partial charge in [-0.15, -0.1) is 0 Å². The number of carbonyl (C=O) groups is 1. The molecule has 1 fully saturated rings. The van der Waals surface area contributed by atoms with Crippen LogP contribution in [0.1, 0.15) is 25.7 Å². The first kappa shape index (κ1) is 13.4. The zero-order chi connectivity index (χ0) is 12.2. The van der Waals surface area contributed by atoms with E-state index in [0.29, 0.717) is 19.5 Å². The molecule has 6 nitrogen and oxygen atoms in total. The Bertz CT molecular complexity index is 339. The molecular weight excluding hydrogens is 232 g/mol. The van der Waals surface area contributed by atoms with Gasteiger partial charge in [0.2, 0.25) is 10.0 Å². The second kappa shape index (κ2) is 5.60. The van der Waals surface area contributed by atoms with Crippen molar-refractivity contribution >= 4 is 16.0 Å². The third kappa shape index (κ3) is 3.43. The Morgan fingerprint density at radius 1 is 1.44 bits per heavy atom. The Morgan fingerprint density at radius 2 is 2.12 bits per heavy atom. The largest absolute Gasteiger partial charge is 0.480 e. The molecule has 0 aromatic carbocycles. The smallest absolute Gasteiger partial charge is 0.320 e. The van der Waals surface area contributed by atoms with Gasteiger partial charge >= 0.3 is 5.97 Å². The molecule has 7 heteroatoms. The molecule has 0 aromatic rings. The van der Waals surface area contributed by atoms with Crippen molar-refractivity contribution in [3.8, 4) is 0 Å². The van der Waals surface area contributed by atoms with Crippen molar-refractivity contribution < 1.29 is 18.3 Å². The lowest BCUT2D eigenvalue weighted by Crippen LogP contribution is -2.46. The van der Waals surface area contributed by atoms with E-state index in [-0.39, 0.29) is 6.04 Å². The molecule has 16 heavy (non-hydrogen) atoms. The summed E-state index contributed by atoms with van der Waals surface area (Å²) in [7, 11) is -3.68. The van der Waals surface area contributed by atoms with Crippen LogP contribution in [0.15, 0.2) is 0 Å². The number of rotatable bonds is 5. The number of nitrogens with zero attached hydrogens (tertiary/aromatic N) is 1. The highest BCUT2D eigenvalue weighted by molar-refractivity contribution is 7.89. The highest BCUT2D eigenvalue weighted by Gasteiger charge is 2.32. The number of sulfonamides is 1. The highest BCUT2D eigenvalue weighted by atomic mass is 32.2. The summed E-state index contributed by atoms with van der Waals surface area (Å²) in [4.78, 5) is 10.5. The van der Waals surface area contributed by atoms with Gasteiger partial charge < -0.3 is 10.8 Å². The van der Waals surface area contributed by atoms with E-state index in [4.69, 9.17) is 10.8 Å². The molecule has 1 rings (SSSR count). The van der Waals surface area contributed by atoms with Crippen LogP contribution in [0, 0.1) is 0 Å². The number of aliphatic carboxylic acids is 1. The molecule has 0 spiro atoms. The van der Waals surface area contributed by atoms with Crippen LogP contribution in [-0.4, -0.2) is 48.7 Å². The average Bonchev–Trinajstić information content (AvgIpc) is 2.17. The van der Waals surface area contributed by atoms with Gasteiger partial charge in [0.05, 0.1) is 0 Å². The molecule has 0 amide bonds. The summed E-state index contributed by atoms with van der Waals surface area (Å²) < 4.78 is 24.9. The first-order valence-electron chi connectivity index (χ1n) is 5.39. The second-order valence-corrected chi connectivity index (χ2v) is 5.91. The zero-order valence-corrected chi connectivity index (χ0v) is 9.95. The third-order valence-electron chi connectivity index (χ3n) is 2.74. The molecule has 1 unspecified atom stereocenters. The molecular formula is C9H18N2O4S. The Balaban J connectivity index is 2.77. The molecule has 1 aliphatic rings. The van der Waals surface area contributed by atoms with Gasteiger partial charge in [-0.25, -0.2) is 8.42 Å². The zero-order valence-electron chi connectivity index (χ0n) is 9.13. The van der Waals surface area contributed by atoms with Crippen molar-refractivity contribution in [2.45, 2.75) is 31.7 Å². The Morgan fingerprint density at radius 3 is 2.69 bits per heavy atom. The summed E-state index contributed by atoms with van der Waals surface area (Å²) in [5, 5.41) is 8.57. The van der Waals surface area contributed by atoms with E-state index in [0.717, 1.165) is 19.3 Å². The van der Waals surface area contributed by atoms with Crippen LogP contribution in [0.5, 0.6) is 0 Å². The fourth-order valence-corrected chi connectivity index (χ4v) is 3.61. The summed E-state index contributed by atoms with van der Waals surface area (Å²) in [5.74, 6) is -2.13. The first-order chi connectivity index (χ1) is 7.47. The third-order valence-corrected chi connectivity index (χ3v) is 4.54. The summed E-state index contributed by atoms with van der Waals surface area (Å²) >= 11 is 0. The van der Waals surface area contributed by atoms with Crippen LogP contribution in [0.3, 0.4) is 0 Å². The van der Waals surface area contributed by atoms with E-state index in [2.05, 4.69) is 0 Å². The molecule has 0 saturated carbocycles. The van der Waals surface area contributed by atoms with E-state index in [1.54, 1.807) is 0 Å². The van der Waals surface area contributed by atoms with Gasteiger partial charge in [0.25, 0.3) is 0 Å². The normalized spacial score (nSPS) is 23.2. The Hall–Kier alpha value is -0.660. The Kier molecular flexibility index (Phi) is 4.69. The van der Waals surface area contributed by atoms with E-state index in [9.17, 15) is 13.2 Å². The van der Waals surface area contributed by atoms with Crippen molar-refractivity contribution in [1.82, 2.24) is 4.31 Å². The first-order valence-corrected chi connectivity index (χ1v) is 6.99. The van der Waals surface area contributed by atoms with Crippen LogP contribution in [0.4, 0.5) is 0 Å². The van der Waals surface area contributed by atoms with Gasteiger partial charge in [-0.05, 0) is 25.8 Å². The van der Waals surface area contributed by atoms with Crippen molar-refractivity contribution in [2.75, 3.05) is 18.8 Å². The molecule has 1 aliphatic heterocycles. The van der Waals surface area contributed by atoms with E-state index >= 15 is 0 Å². The van der Waals surface area contributed by atoms with Crippen molar-refractivity contribution in [3.63, 3.8) is 0 Å². The fourth-order valence-electron chi connectivity index (χ4n) is 2.06. The van der Waals surface area contributed by atoms with Crippen LogP contribution in [0.25, 0.3) is 0 Å². The minimum Gasteiger partial charge on any atom is -0.480 e. The van der Waals surface area contributed by atoms with Gasteiger partial charge in [0.1, 0.15) is 0 Å². The lowest BCUT2D eigenvalue weighted by molar-refractivity contribution is -0.134. The SMILES string of the molecule is NCCC1CCCCN1S(=O)(=O)CC(=O)O. The summed E-state index contributed by atoms with van der Waals surface area (Å²) in [6.45, 7) is 0.837. The molecule has 94 valence electrons. The molecule has 0 aromatic heterocycles. The highest BCUT2D eigenvalue weighted by Crippen LogP contribution is 2.22. The van der Waals surface area contributed by atoms with Crippen molar-refractivity contribution in [1.29, 1.82) is 0 Å². The van der Waals surface area contributed by atoms with E-state index in [1.165, 1.54) is 4.31 Å². The van der Waals surface area contributed by atoms with Crippen molar-refractivity contribution in [2.24, 2.45) is 5.73 Å². The lowest BCUT2D eigenvalue weighted by atomic mass is 10.0. The predicted octanol–water partition coefficient (Wildman–Crippen LogP) is -0.396. The minimum absolute atomic E-state index is 0.122. The van der Waals surface area contributed by atoms with E-state index in [1.807, 2.05) is 0 Å². The number of nitrogens with two attached hydrogens (primary N) is 1. The summed E-state index contributed by atoms with van der Waals surface area (Å²) in [6.07, 6.45) is 3.14. The topological polar surface area (TPSA) is 101 Å². The minimum atomic E-state index is -3.68. The van der Waals surface area contributed by atoms with Crippen LogP contribution < -0.4 is 5.73 Å². The predicted molar refractivity (Wildman–Crippen MR) is 59.4 cm³/mol. The number of carboxylic acids is 1. The molecule has 0 aliphatic carbocycles. The fraction of sp³-hybridized carbons (Fsp3) is 0.889. The molecule has 3 N–H and O–H groups in total. The van der Waals surface area contributed by atoms with E-state index < -0.39 is 21.7 Å². The van der Waals surface area contributed by atoms with Gasteiger partial charge in [-0.1, -0.05) is 6.42 Å². The van der Waals surface area contributed by atoms with Gasteiger partial charge in [0.15, 0.2) is 5.75 Å². The summed E-state index contributed by atoms with van der Waals surface area (Å²) in [6, 6.07) is -0.122. The quantitative estimate of drug-likeness (QED) is 0.691. The maximum absolute atomic E-state index is 11.8. The molecule has 1 atom stereocenters. The summed E-state index contributed by atoms with van der Waals surface area (Å²) in [5.41, 5.74) is 5.43. The average molecular weight is 250 g/mol. The molecule has 1 heterocycles. The van der Waals surface area contributed by atoms with Crippen LogP contribution >= 0.6 is 0 Å². The van der Waals surface area contributed by atoms with Crippen molar-refractivity contribution in [3.05, 3.63) is 0 Å². The number of hydrogen-bond acceptors (Lipinski definition) is 4. The number of hydrogen-bond donors (Lipinski definition) is 2. The second-order valence-electron chi connectivity index (χ2n) is 3.99. The monoisotopic (exact) mass is 250 g/mol. The molecule has 0 radical (unpaired) electrons. The van der Waals surface area contributed by atoms with Gasteiger partial charge in [0, 0.05) is 12.6 Å². The Labute approximate surface area is 95.5 Å². The number of piperidine rings is 1. The maximum atomic E-state index is 11.8. The van der Waals surface area contributed by atoms with Crippen LogP contribution in [0.2, 0.25) is 0 Å². The van der Waals surface area contributed by atoms with Gasteiger partial charge in [-0.3, -0.25) is 4.79 Å².